The number of hydrogen-bond donors (Lipinski definition) is 0. The van der Waals surface area contributed by atoms with Crippen molar-refractivity contribution in [2.75, 3.05) is 13.2 Å². The van der Waals surface area contributed by atoms with Crippen LogP contribution in [0.1, 0.15) is 34.8 Å². The van der Waals surface area contributed by atoms with Crippen molar-refractivity contribution < 1.29 is 33.4 Å². The Morgan fingerprint density at radius 3 is 2.63 bits per heavy atom. The number of fused-ring (bicyclic) bond motifs is 1. The number of hydrogen-bond acceptors (Lipinski definition) is 7. The summed E-state index contributed by atoms with van der Waals surface area (Å²) in [6, 6.07) is 20.7. The van der Waals surface area contributed by atoms with Crippen LogP contribution in [0.2, 0.25) is 0 Å². The topological polar surface area (TPSA) is 97.1 Å². The molecule has 0 amide bonds. The predicted molar refractivity (Wildman–Crippen MR) is 148 cm³/mol. The lowest BCUT2D eigenvalue weighted by molar-refractivity contribution is -0.384. The lowest BCUT2D eigenvalue weighted by Gasteiger charge is -2.39. The van der Waals surface area contributed by atoms with Gasteiger partial charge in [-0.15, -0.1) is 0 Å². The number of nitro benzene ring substituents is 1. The van der Waals surface area contributed by atoms with Gasteiger partial charge in [0.25, 0.3) is 5.69 Å². The highest BCUT2D eigenvalue weighted by Crippen LogP contribution is 2.44. The molecule has 3 aromatic carbocycles. The van der Waals surface area contributed by atoms with E-state index in [0.29, 0.717) is 42.1 Å². The first-order chi connectivity index (χ1) is 19.9. The van der Waals surface area contributed by atoms with Gasteiger partial charge >= 0.3 is 5.97 Å². The number of rotatable bonds is 10. The van der Waals surface area contributed by atoms with E-state index in [9.17, 15) is 19.3 Å². The molecule has 0 saturated heterocycles. The molecule has 41 heavy (non-hydrogen) atoms. The van der Waals surface area contributed by atoms with Crippen molar-refractivity contribution in [1.82, 2.24) is 0 Å². The molecule has 9 heteroatoms. The molecule has 3 aromatic rings. The second kappa shape index (κ2) is 12.3. The number of esters is 1. The Labute approximate surface area is 236 Å². The Balaban J connectivity index is 1.62. The van der Waals surface area contributed by atoms with E-state index >= 15 is 0 Å². The molecule has 2 aliphatic rings. The van der Waals surface area contributed by atoms with E-state index in [0.717, 1.165) is 5.57 Å². The Morgan fingerprint density at radius 2 is 1.88 bits per heavy atom. The molecular formula is C32H28FNO7. The number of ether oxygens (including phenoxy) is 2. The molecule has 1 aliphatic heterocycles. The van der Waals surface area contributed by atoms with Crippen LogP contribution in [-0.4, -0.2) is 30.2 Å². The molecule has 0 N–H and O–H groups in total. The van der Waals surface area contributed by atoms with Crippen molar-refractivity contribution in [3.05, 3.63) is 147 Å². The van der Waals surface area contributed by atoms with Crippen molar-refractivity contribution in [2.45, 2.75) is 31.5 Å². The molecule has 0 saturated carbocycles. The van der Waals surface area contributed by atoms with Gasteiger partial charge in [-0.1, -0.05) is 54.6 Å². The van der Waals surface area contributed by atoms with E-state index in [1.54, 1.807) is 18.2 Å². The minimum Gasteiger partial charge on any atom is -0.446 e. The van der Waals surface area contributed by atoms with E-state index in [1.807, 2.05) is 49.4 Å². The fraction of sp³-hybridized carbons (Fsp3) is 0.219. The second-order valence-electron chi connectivity index (χ2n) is 9.67. The molecule has 0 bridgehead atoms. The molecule has 210 valence electrons. The van der Waals surface area contributed by atoms with Crippen molar-refractivity contribution in [3.8, 4) is 0 Å². The maximum absolute atomic E-state index is 14.4. The lowest BCUT2D eigenvalue weighted by atomic mass is 9.76. The molecule has 0 radical (unpaired) electrons. The number of halogens is 1. The third-order valence-electron chi connectivity index (χ3n) is 6.93. The van der Waals surface area contributed by atoms with Crippen LogP contribution in [0.25, 0.3) is 0 Å². The van der Waals surface area contributed by atoms with Crippen LogP contribution < -0.4 is 0 Å². The van der Waals surface area contributed by atoms with Gasteiger partial charge in [0, 0.05) is 42.7 Å². The molecule has 1 aliphatic carbocycles. The number of benzene rings is 3. The van der Waals surface area contributed by atoms with E-state index in [4.69, 9.17) is 19.2 Å². The molecule has 2 unspecified atom stereocenters. The van der Waals surface area contributed by atoms with Crippen molar-refractivity contribution in [1.29, 1.82) is 0 Å². The normalized spacial score (nSPS) is 17.6. The van der Waals surface area contributed by atoms with Gasteiger partial charge in [0.2, 0.25) is 0 Å². The molecule has 0 aromatic heterocycles. The van der Waals surface area contributed by atoms with Crippen LogP contribution in [0.4, 0.5) is 10.1 Å². The maximum Gasteiger partial charge on any atom is 0.339 e. The summed E-state index contributed by atoms with van der Waals surface area (Å²) < 4.78 is 26.2. The zero-order valence-electron chi connectivity index (χ0n) is 22.3. The number of carbonyl (C=O) groups is 1. The third-order valence-corrected chi connectivity index (χ3v) is 6.93. The standard InChI is InChI=1S/C32H28FNO7/c1-2-38-21-29-19-24-17-26(14-15-30(24)41-40-29)32(25-10-4-3-5-11-25,20-22-8-6-12-27(33)16-22)39-31(35)23-9-7-13-28(18-23)34(36)37/h3-16,18-19,29H,2,17,20-21H2,1H3. The van der Waals surface area contributed by atoms with Gasteiger partial charge in [0.05, 0.1) is 17.1 Å². The summed E-state index contributed by atoms with van der Waals surface area (Å²) in [7, 11) is 0. The summed E-state index contributed by atoms with van der Waals surface area (Å²) in [6.45, 7) is 2.72. The quantitative estimate of drug-likeness (QED) is 0.121. The average molecular weight is 558 g/mol. The van der Waals surface area contributed by atoms with Crippen LogP contribution in [-0.2, 0) is 31.3 Å². The van der Waals surface area contributed by atoms with Crippen LogP contribution in [0.3, 0.4) is 0 Å². The molecule has 0 fully saturated rings. The first kappa shape index (κ1) is 27.9. The van der Waals surface area contributed by atoms with Gasteiger partial charge in [-0.3, -0.25) is 10.1 Å². The van der Waals surface area contributed by atoms with Gasteiger partial charge < -0.3 is 14.4 Å². The van der Waals surface area contributed by atoms with Gasteiger partial charge in [-0.05, 0) is 48.4 Å². The summed E-state index contributed by atoms with van der Waals surface area (Å²) in [5, 5.41) is 11.4. The highest BCUT2D eigenvalue weighted by Gasteiger charge is 2.43. The first-order valence-corrected chi connectivity index (χ1v) is 13.2. The lowest BCUT2D eigenvalue weighted by Crippen LogP contribution is -2.38. The summed E-state index contributed by atoms with van der Waals surface area (Å²) in [5.41, 5.74) is 1.19. The third kappa shape index (κ3) is 6.26. The van der Waals surface area contributed by atoms with Crippen LogP contribution >= 0.6 is 0 Å². The fourth-order valence-electron chi connectivity index (χ4n) is 4.98. The van der Waals surface area contributed by atoms with E-state index < -0.39 is 28.4 Å². The Hall–Kier alpha value is -4.60. The zero-order chi connectivity index (χ0) is 28.8. The minimum atomic E-state index is -1.40. The molecule has 1 heterocycles. The van der Waals surface area contributed by atoms with Crippen molar-refractivity contribution in [2.24, 2.45) is 0 Å². The summed E-state index contributed by atoms with van der Waals surface area (Å²) in [5.74, 6) is -0.649. The molecule has 2 atom stereocenters. The number of nitrogens with zero attached hydrogens (tertiary/aromatic N) is 1. The summed E-state index contributed by atoms with van der Waals surface area (Å²) in [4.78, 5) is 35.5. The van der Waals surface area contributed by atoms with Gasteiger partial charge in [-0.25, -0.2) is 9.18 Å². The fourth-order valence-corrected chi connectivity index (χ4v) is 4.98. The number of allylic oxidation sites excluding steroid dienone is 3. The van der Waals surface area contributed by atoms with Crippen molar-refractivity contribution in [3.63, 3.8) is 0 Å². The second-order valence-corrected chi connectivity index (χ2v) is 9.67. The van der Waals surface area contributed by atoms with Gasteiger partial charge in [0.15, 0.2) is 11.4 Å². The van der Waals surface area contributed by atoms with E-state index in [-0.39, 0.29) is 17.7 Å². The van der Waals surface area contributed by atoms with Crippen LogP contribution in [0.5, 0.6) is 0 Å². The SMILES string of the molecule is CCOCC1C=C2CC(C(Cc3cccc(F)c3)(OC(=O)c3cccc([N+](=O)[O-])c3)c3ccccc3)=CC=C2OO1. The maximum atomic E-state index is 14.4. The Bertz CT molecular complexity index is 1530. The average Bonchev–Trinajstić information content (AvgIpc) is 2.99. The molecule has 5 rings (SSSR count). The van der Waals surface area contributed by atoms with E-state index in [1.165, 1.54) is 36.4 Å². The first-order valence-electron chi connectivity index (χ1n) is 13.2. The van der Waals surface area contributed by atoms with Crippen molar-refractivity contribution >= 4 is 11.7 Å². The number of carbonyl (C=O) groups excluding carboxylic acids is 1. The molecular weight excluding hydrogens is 529 g/mol. The Kier molecular flexibility index (Phi) is 8.37. The van der Waals surface area contributed by atoms with Crippen LogP contribution in [0.15, 0.2) is 114 Å². The van der Waals surface area contributed by atoms with E-state index in [2.05, 4.69) is 0 Å². The monoisotopic (exact) mass is 557 g/mol. The highest BCUT2D eigenvalue weighted by atomic mass is 19.1. The largest absolute Gasteiger partial charge is 0.446 e. The molecule has 8 nitrogen and oxygen atoms in total. The number of nitro groups is 1. The summed E-state index contributed by atoms with van der Waals surface area (Å²) in [6.07, 6.45) is 5.49. The number of non-ortho nitro benzene ring substituents is 1. The van der Waals surface area contributed by atoms with Gasteiger partial charge in [-0.2, -0.15) is 4.89 Å². The summed E-state index contributed by atoms with van der Waals surface area (Å²) >= 11 is 0. The van der Waals surface area contributed by atoms with Gasteiger partial charge in [0.1, 0.15) is 11.9 Å². The van der Waals surface area contributed by atoms with Crippen LogP contribution in [0, 0.1) is 15.9 Å². The zero-order valence-corrected chi connectivity index (χ0v) is 22.3. The highest BCUT2D eigenvalue weighted by molar-refractivity contribution is 5.90. The Morgan fingerprint density at radius 1 is 1.07 bits per heavy atom. The molecule has 0 spiro atoms. The minimum absolute atomic E-state index is 0.0248. The predicted octanol–water partition coefficient (Wildman–Crippen LogP) is 6.54. The smallest absolute Gasteiger partial charge is 0.339 e.